The Morgan fingerprint density at radius 1 is 1.39 bits per heavy atom. The van der Waals surface area contributed by atoms with Gasteiger partial charge in [0, 0.05) is 23.6 Å². The maximum Gasteiger partial charge on any atom is 0.252 e. The first kappa shape index (κ1) is 15.3. The van der Waals surface area contributed by atoms with Gasteiger partial charge in [-0.2, -0.15) is 0 Å². The fourth-order valence-electron chi connectivity index (χ4n) is 2.57. The number of para-hydroxylation sites is 1. The van der Waals surface area contributed by atoms with Crippen LogP contribution in [0.2, 0.25) is 5.15 Å². The molecule has 0 radical (unpaired) electrons. The van der Waals surface area contributed by atoms with Crippen LogP contribution in [0.25, 0.3) is 10.9 Å². The van der Waals surface area contributed by atoms with Crippen LogP contribution in [0.5, 0.6) is 0 Å². The maximum atomic E-state index is 11.4. The number of aryl methyl sites for hydroxylation is 1. The predicted molar refractivity (Wildman–Crippen MR) is 90.8 cm³/mol. The zero-order chi connectivity index (χ0) is 16.4. The number of rotatable bonds is 5. The molecule has 0 aliphatic carbocycles. The van der Waals surface area contributed by atoms with Crippen LogP contribution in [0.3, 0.4) is 0 Å². The van der Waals surface area contributed by atoms with Crippen molar-refractivity contribution in [2.24, 2.45) is 5.73 Å². The van der Waals surface area contributed by atoms with E-state index in [0.717, 1.165) is 11.9 Å². The maximum absolute atomic E-state index is 11.4. The van der Waals surface area contributed by atoms with Gasteiger partial charge in [0.05, 0.1) is 5.56 Å². The molecule has 0 bridgehead atoms. The summed E-state index contributed by atoms with van der Waals surface area (Å²) >= 11 is 5.74. The molecular weight excluding hydrogens is 314 g/mol. The van der Waals surface area contributed by atoms with Gasteiger partial charge in [0.25, 0.3) is 5.91 Å². The molecule has 23 heavy (non-hydrogen) atoms. The lowest BCUT2D eigenvalue weighted by Crippen LogP contribution is -2.17. The third-order valence-electron chi connectivity index (χ3n) is 3.73. The molecule has 0 spiro atoms. The number of hydrogen-bond donors (Lipinski definition) is 3. The van der Waals surface area contributed by atoms with Gasteiger partial charge in [-0.05, 0) is 30.5 Å². The second-order valence-corrected chi connectivity index (χ2v) is 5.67. The van der Waals surface area contributed by atoms with Gasteiger partial charge in [0.1, 0.15) is 0 Å². The van der Waals surface area contributed by atoms with Crippen molar-refractivity contribution in [1.29, 1.82) is 0 Å². The van der Waals surface area contributed by atoms with Crippen LogP contribution < -0.4 is 11.1 Å². The monoisotopic (exact) mass is 329 g/mol. The van der Waals surface area contributed by atoms with Gasteiger partial charge in [-0.25, -0.2) is 0 Å². The molecule has 0 unspecified atom stereocenters. The molecule has 0 saturated carbocycles. The molecule has 2 heterocycles. The molecule has 0 fully saturated rings. The number of nitrogens with one attached hydrogen (secondary N) is 2. The number of H-pyrrole nitrogens is 1. The summed E-state index contributed by atoms with van der Waals surface area (Å²) in [4.78, 5) is 14.7. The number of carbonyl (C=O) groups is 1. The second-order valence-electron chi connectivity index (χ2n) is 5.28. The van der Waals surface area contributed by atoms with E-state index in [1.165, 1.54) is 22.6 Å². The van der Waals surface area contributed by atoms with Crippen LogP contribution in [-0.4, -0.2) is 27.6 Å². The molecule has 4 N–H and O–H groups in total. The van der Waals surface area contributed by atoms with Gasteiger partial charge >= 0.3 is 0 Å². The largest absolute Gasteiger partial charge is 0.368 e. The Kier molecular flexibility index (Phi) is 4.16. The Labute approximate surface area is 138 Å². The zero-order valence-electron chi connectivity index (χ0n) is 12.6. The number of nitrogens with two attached hydrogens (primary N) is 1. The highest BCUT2D eigenvalue weighted by Crippen LogP contribution is 2.22. The number of hydrogen-bond acceptors (Lipinski definition) is 4. The van der Waals surface area contributed by atoms with E-state index in [0.29, 0.717) is 12.4 Å². The molecule has 0 aliphatic heterocycles. The van der Waals surface area contributed by atoms with Crippen molar-refractivity contribution in [1.82, 2.24) is 15.2 Å². The topological polar surface area (TPSA) is 96.7 Å². The van der Waals surface area contributed by atoms with Crippen molar-refractivity contribution in [3.63, 3.8) is 0 Å². The number of carbonyl (C=O) groups excluding carboxylic acids is 1. The van der Waals surface area contributed by atoms with E-state index in [-0.39, 0.29) is 10.7 Å². The van der Waals surface area contributed by atoms with Crippen molar-refractivity contribution in [2.45, 2.75) is 13.3 Å². The highest BCUT2D eigenvalue weighted by molar-refractivity contribution is 6.29. The van der Waals surface area contributed by atoms with Crippen LogP contribution in [-0.2, 0) is 6.42 Å². The van der Waals surface area contributed by atoms with Gasteiger partial charge in [0.2, 0.25) is 0 Å². The Hall–Kier alpha value is -2.60. The lowest BCUT2D eigenvalue weighted by molar-refractivity contribution is 0.100. The Morgan fingerprint density at radius 2 is 2.22 bits per heavy atom. The van der Waals surface area contributed by atoms with Gasteiger partial charge in [-0.15, -0.1) is 10.2 Å². The lowest BCUT2D eigenvalue weighted by atomic mass is 10.1. The number of primary amides is 1. The summed E-state index contributed by atoms with van der Waals surface area (Å²) < 4.78 is 0. The van der Waals surface area contributed by atoms with E-state index in [1.807, 2.05) is 12.3 Å². The van der Waals surface area contributed by atoms with E-state index in [2.05, 4.69) is 39.6 Å². The van der Waals surface area contributed by atoms with Crippen molar-refractivity contribution in [3.8, 4) is 0 Å². The molecule has 6 nitrogen and oxygen atoms in total. The van der Waals surface area contributed by atoms with E-state index in [9.17, 15) is 4.79 Å². The average molecular weight is 330 g/mol. The van der Waals surface area contributed by atoms with Gasteiger partial charge in [-0.1, -0.05) is 29.8 Å². The molecule has 0 atom stereocenters. The molecule has 1 amide bonds. The van der Waals surface area contributed by atoms with Crippen molar-refractivity contribution in [2.75, 3.05) is 11.9 Å². The van der Waals surface area contributed by atoms with Gasteiger partial charge < -0.3 is 16.0 Å². The number of anilines is 1. The fourth-order valence-corrected chi connectivity index (χ4v) is 2.72. The number of aromatic nitrogens is 3. The van der Waals surface area contributed by atoms with Crippen molar-refractivity contribution < 1.29 is 4.79 Å². The Bertz CT molecular complexity index is 874. The number of aromatic amines is 1. The average Bonchev–Trinajstić information content (AvgIpc) is 2.93. The van der Waals surface area contributed by atoms with Crippen molar-refractivity contribution in [3.05, 3.63) is 52.3 Å². The van der Waals surface area contributed by atoms with Gasteiger partial charge in [0.15, 0.2) is 11.0 Å². The van der Waals surface area contributed by atoms with E-state index < -0.39 is 5.91 Å². The molecule has 3 rings (SSSR count). The number of halogens is 1. The van der Waals surface area contributed by atoms with E-state index in [1.54, 1.807) is 0 Å². The molecule has 1 aromatic carbocycles. The molecular formula is C16H16ClN5O. The SMILES string of the molecule is Cc1cccc2c(CCNc3nnc(Cl)cc3C(N)=O)c[nH]c12. The summed E-state index contributed by atoms with van der Waals surface area (Å²) in [6, 6.07) is 7.61. The minimum atomic E-state index is -0.591. The third kappa shape index (κ3) is 3.12. The zero-order valence-corrected chi connectivity index (χ0v) is 13.3. The Balaban J connectivity index is 1.74. The lowest BCUT2D eigenvalue weighted by Gasteiger charge is -2.08. The molecule has 0 saturated heterocycles. The standard InChI is InChI=1S/C16H16ClN5O/c1-9-3-2-4-11-10(8-20-14(9)11)5-6-19-16-12(15(18)23)7-13(17)21-22-16/h2-4,7-8,20H,5-6H2,1H3,(H2,18,23)(H,19,22). The first-order valence-electron chi connectivity index (χ1n) is 7.18. The molecule has 7 heteroatoms. The highest BCUT2D eigenvalue weighted by atomic mass is 35.5. The van der Waals surface area contributed by atoms with Crippen LogP contribution in [0.15, 0.2) is 30.5 Å². The summed E-state index contributed by atoms with van der Waals surface area (Å²) in [5, 5.41) is 12.1. The molecule has 0 aliphatic rings. The summed E-state index contributed by atoms with van der Waals surface area (Å²) in [5.41, 5.74) is 9.11. The molecule has 118 valence electrons. The summed E-state index contributed by atoms with van der Waals surface area (Å²) in [7, 11) is 0. The van der Waals surface area contributed by atoms with E-state index in [4.69, 9.17) is 17.3 Å². The fraction of sp³-hybridized carbons (Fsp3) is 0.188. The first-order chi connectivity index (χ1) is 11.1. The van der Waals surface area contributed by atoms with Crippen LogP contribution in [0.1, 0.15) is 21.5 Å². The summed E-state index contributed by atoms with van der Waals surface area (Å²) in [6.45, 7) is 2.67. The quantitative estimate of drug-likeness (QED) is 0.670. The van der Waals surface area contributed by atoms with Crippen LogP contribution in [0, 0.1) is 6.92 Å². The molecule has 2 aromatic heterocycles. The number of amides is 1. The number of benzene rings is 1. The predicted octanol–water partition coefficient (Wildman–Crippen LogP) is 2.67. The van der Waals surface area contributed by atoms with E-state index >= 15 is 0 Å². The smallest absolute Gasteiger partial charge is 0.252 e. The number of fused-ring (bicyclic) bond motifs is 1. The minimum Gasteiger partial charge on any atom is -0.368 e. The third-order valence-corrected chi connectivity index (χ3v) is 3.91. The highest BCUT2D eigenvalue weighted by Gasteiger charge is 2.12. The van der Waals surface area contributed by atoms with Gasteiger partial charge in [-0.3, -0.25) is 4.79 Å². The summed E-state index contributed by atoms with van der Waals surface area (Å²) in [6.07, 6.45) is 2.77. The minimum absolute atomic E-state index is 0.136. The molecule has 3 aromatic rings. The Morgan fingerprint density at radius 3 is 3.00 bits per heavy atom. The van der Waals surface area contributed by atoms with Crippen molar-refractivity contribution >= 4 is 34.2 Å². The van der Waals surface area contributed by atoms with Crippen LogP contribution in [0.4, 0.5) is 5.82 Å². The normalized spacial score (nSPS) is 10.9. The first-order valence-corrected chi connectivity index (χ1v) is 7.56. The summed E-state index contributed by atoms with van der Waals surface area (Å²) in [5.74, 6) is -0.245. The number of nitrogens with zero attached hydrogens (tertiary/aromatic N) is 2. The second kappa shape index (κ2) is 6.26. The van der Waals surface area contributed by atoms with Crippen LogP contribution >= 0.6 is 11.6 Å².